The summed E-state index contributed by atoms with van der Waals surface area (Å²) in [6, 6.07) is 1.38. The van der Waals surface area contributed by atoms with Crippen LogP contribution in [0.25, 0.3) is 0 Å². The lowest BCUT2D eigenvalue weighted by Crippen LogP contribution is -2.38. The Hall–Kier alpha value is -1.65. The van der Waals surface area contributed by atoms with Gasteiger partial charge in [0.15, 0.2) is 0 Å². The highest BCUT2D eigenvalue weighted by atomic mass is 19.1. The van der Waals surface area contributed by atoms with Gasteiger partial charge in [0.25, 0.3) is 0 Å². The largest absolute Gasteiger partial charge is 0.478 e. The Bertz CT molecular complexity index is 485. The number of anilines is 1. The molecule has 0 spiro atoms. The van der Waals surface area contributed by atoms with Crippen molar-refractivity contribution in [1.29, 1.82) is 0 Å². The van der Waals surface area contributed by atoms with Crippen molar-refractivity contribution < 1.29 is 14.3 Å². The Balaban J connectivity index is 2.39. The average molecular weight is 280 g/mol. The number of aromatic nitrogens is 1. The Morgan fingerprint density at radius 2 is 2.15 bits per heavy atom. The minimum atomic E-state index is -1.13. The molecule has 0 atom stereocenters. The van der Waals surface area contributed by atoms with E-state index in [-0.39, 0.29) is 5.56 Å². The molecule has 5 heteroatoms. The van der Waals surface area contributed by atoms with Gasteiger partial charge in [0.1, 0.15) is 17.2 Å². The molecule has 0 unspecified atom stereocenters. The van der Waals surface area contributed by atoms with Crippen molar-refractivity contribution in [2.75, 3.05) is 11.4 Å². The van der Waals surface area contributed by atoms with Crippen molar-refractivity contribution in [3.63, 3.8) is 0 Å². The maximum atomic E-state index is 13.3. The van der Waals surface area contributed by atoms with E-state index in [0.29, 0.717) is 17.8 Å². The van der Waals surface area contributed by atoms with E-state index in [1.807, 2.05) is 0 Å². The number of pyridine rings is 1. The molecule has 0 bridgehead atoms. The number of carboxylic acids is 1. The van der Waals surface area contributed by atoms with Gasteiger partial charge >= 0.3 is 5.97 Å². The van der Waals surface area contributed by atoms with Gasteiger partial charge < -0.3 is 10.0 Å². The van der Waals surface area contributed by atoms with Crippen molar-refractivity contribution in [3.05, 3.63) is 23.6 Å². The number of rotatable bonds is 5. The van der Waals surface area contributed by atoms with Gasteiger partial charge in [-0.25, -0.2) is 14.2 Å². The van der Waals surface area contributed by atoms with E-state index in [0.717, 1.165) is 44.5 Å². The van der Waals surface area contributed by atoms with Crippen LogP contribution in [0.5, 0.6) is 0 Å². The Labute approximate surface area is 118 Å². The van der Waals surface area contributed by atoms with Crippen LogP contribution in [-0.4, -0.2) is 28.6 Å². The van der Waals surface area contributed by atoms with Crippen molar-refractivity contribution in [2.24, 2.45) is 5.92 Å². The quantitative estimate of drug-likeness (QED) is 0.899. The van der Waals surface area contributed by atoms with Gasteiger partial charge in [0, 0.05) is 12.6 Å². The summed E-state index contributed by atoms with van der Waals surface area (Å²) in [4.78, 5) is 17.5. The molecule has 0 aliphatic heterocycles. The van der Waals surface area contributed by atoms with Crippen molar-refractivity contribution >= 4 is 11.8 Å². The van der Waals surface area contributed by atoms with Gasteiger partial charge in [0.2, 0.25) is 0 Å². The number of aromatic carboxylic acids is 1. The molecule has 110 valence electrons. The number of nitrogens with zero attached hydrogens (tertiary/aromatic N) is 2. The van der Waals surface area contributed by atoms with Gasteiger partial charge in [-0.05, 0) is 24.8 Å². The van der Waals surface area contributed by atoms with E-state index in [9.17, 15) is 14.3 Å². The Morgan fingerprint density at radius 1 is 1.50 bits per heavy atom. The zero-order valence-corrected chi connectivity index (χ0v) is 12.0. The topological polar surface area (TPSA) is 53.4 Å². The first-order chi connectivity index (χ1) is 9.49. The lowest BCUT2D eigenvalue weighted by molar-refractivity contribution is 0.0696. The summed E-state index contributed by atoms with van der Waals surface area (Å²) in [7, 11) is 0. The number of hydrogen-bond donors (Lipinski definition) is 1. The highest BCUT2D eigenvalue weighted by Gasteiger charge is 2.28. The summed E-state index contributed by atoms with van der Waals surface area (Å²) in [5.41, 5.74) is -0.0439. The maximum Gasteiger partial charge on any atom is 0.339 e. The van der Waals surface area contributed by atoms with Crippen LogP contribution in [0.1, 0.15) is 49.9 Å². The van der Waals surface area contributed by atoms with Crippen molar-refractivity contribution in [3.8, 4) is 0 Å². The molecule has 0 radical (unpaired) electrons. The highest BCUT2D eigenvalue weighted by molar-refractivity contribution is 5.93. The minimum Gasteiger partial charge on any atom is -0.478 e. The first kappa shape index (κ1) is 14.8. The molecule has 1 aromatic heterocycles. The number of halogens is 1. The molecule has 1 heterocycles. The van der Waals surface area contributed by atoms with Crippen molar-refractivity contribution in [1.82, 2.24) is 4.98 Å². The smallest absolute Gasteiger partial charge is 0.339 e. The summed E-state index contributed by atoms with van der Waals surface area (Å²) in [6.45, 7) is 4.92. The standard InChI is InChI=1S/C15H21FN2O2/c1-10(2)9-18(12-5-3-4-6-12)14-13(15(19)20)7-11(16)8-17-14/h7-8,10,12H,3-6,9H2,1-2H3,(H,19,20). The van der Waals surface area contributed by atoms with E-state index in [2.05, 4.69) is 23.7 Å². The summed E-state index contributed by atoms with van der Waals surface area (Å²) >= 11 is 0. The minimum absolute atomic E-state index is 0.0439. The molecule has 1 saturated carbocycles. The third kappa shape index (κ3) is 3.26. The zero-order chi connectivity index (χ0) is 14.7. The molecule has 1 aliphatic carbocycles. The van der Waals surface area contributed by atoms with Crippen LogP contribution < -0.4 is 4.90 Å². The first-order valence-corrected chi connectivity index (χ1v) is 7.14. The summed E-state index contributed by atoms with van der Waals surface area (Å²) in [6.07, 6.45) is 5.51. The molecule has 0 amide bonds. The van der Waals surface area contributed by atoms with Crippen LogP contribution in [0.2, 0.25) is 0 Å². The first-order valence-electron chi connectivity index (χ1n) is 7.14. The summed E-state index contributed by atoms with van der Waals surface area (Å²) < 4.78 is 13.3. The molecule has 1 aliphatic rings. The van der Waals surface area contributed by atoms with E-state index in [4.69, 9.17) is 0 Å². The normalized spacial score (nSPS) is 15.8. The van der Waals surface area contributed by atoms with Crippen LogP contribution in [0.3, 0.4) is 0 Å². The molecule has 1 aromatic rings. The Kier molecular flexibility index (Phi) is 4.57. The SMILES string of the molecule is CC(C)CN(c1ncc(F)cc1C(=O)O)C1CCCC1. The zero-order valence-electron chi connectivity index (χ0n) is 12.0. The predicted molar refractivity (Wildman–Crippen MR) is 75.6 cm³/mol. The monoisotopic (exact) mass is 280 g/mol. The fraction of sp³-hybridized carbons (Fsp3) is 0.600. The molecule has 4 nitrogen and oxygen atoms in total. The number of hydrogen-bond acceptors (Lipinski definition) is 3. The second kappa shape index (κ2) is 6.20. The van der Waals surface area contributed by atoms with Crippen LogP contribution in [0.4, 0.5) is 10.2 Å². The Morgan fingerprint density at radius 3 is 2.70 bits per heavy atom. The van der Waals surface area contributed by atoms with Gasteiger partial charge in [-0.2, -0.15) is 0 Å². The number of carbonyl (C=O) groups is 1. The van der Waals surface area contributed by atoms with Crippen LogP contribution in [0, 0.1) is 11.7 Å². The highest BCUT2D eigenvalue weighted by Crippen LogP contribution is 2.30. The fourth-order valence-corrected chi connectivity index (χ4v) is 2.84. The second-order valence-electron chi connectivity index (χ2n) is 5.81. The summed E-state index contributed by atoms with van der Waals surface area (Å²) in [5, 5.41) is 9.28. The van der Waals surface area contributed by atoms with Crippen LogP contribution >= 0.6 is 0 Å². The third-order valence-electron chi connectivity index (χ3n) is 3.66. The third-order valence-corrected chi connectivity index (χ3v) is 3.66. The average Bonchev–Trinajstić information content (AvgIpc) is 2.89. The molecule has 20 heavy (non-hydrogen) atoms. The van der Waals surface area contributed by atoms with Crippen LogP contribution in [0.15, 0.2) is 12.3 Å². The van der Waals surface area contributed by atoms with Gasteiger partial charge in [0.05, 0.1) is 6.20 Å². The van der Waals surface area contributed by atoms with Crippen molar-refractivity contribution in [2.45, 2.75) is 45.6 Å². The fourth-order valence-electron chi connectivity index (χ4n) is 2.84. The molecular formula is C15H21FN2O2. The summed E-state index contributed by atoms with van der Waals surface area (Å²) in [5.74, 6) is -0.940. The van der Waals surface area contributed by atoms with E-state index < -0.39 is 11.8 Å². The lowest BCUT2D eigenvalue weighted by Gasteiger charge is -2.32. The van der Waals surface area contributed by atoms with E-state index >= 15 is 0 Å². The predicted octanol–water partition coefficient (Wildman–Crippen LogP) is 3.32. The van der Waals surface area contributed by atoms with E-state index in [1.54, 1.807) is 0 Å². The van der Waals surface area contributed by atoms with E-state index in [1.165, 1.54) is 0 Å². The van der Waals surface area contributed by atoms with Gasteiger partial charge in [-0.3, -0.25) is 0 Å². The maximum absolute atomic E-state index is 13.3. The molecule has 1 N–H and O–H groups in total. The molecule has 2 rings (SSSR count). The lowest BCUT2D eigenvalue weighted by atomic mass is 10.1. The molecule has 0 aromatic carbocycles. The molecular weight excluding hydrogens is 259 g/mol. The number of carboxylic acid groups (broad SMARTS) is 1. The van der Waals surface area contributed by atoms with Crippen LogP contribution in [-0.2, 0) is 0 Å². The van der Waals surface area contributed by atoms with Gasteiger partial charge in [-0.1, -0.05) is 26.7 Å². The molecule has 1 fully saturated rings. The molecule has 0 saturated heterocycles. The van der Waals surface area contributed by atoms with Gasteiger partial charge in [-0.15, -0.1) is 0 Å². The second-order valence-corrected chi connectivity index (χ2v) is 5.81.